The Morgan fingerprint density at radius 2 is 0.897 bits per heavy atom. The number of rotatable bonds is 5. The molecule has 1 heteroatoms. The maximum Gasteiger partial charge on any atom is 0.0540 e. The summed E-state index contributed by atoms with van der Waals surface area (Å²) in [6.45, 7) is 0. The van der Waals surface area contributed by atoms with Crippen molar-refractivity contribution in [3.05, 3.63) is 164 Å². The molecule has 0 aliphatic carbocycles. The van der Waals surface area contributed by atoms with E-state index < -0.39 is 0 Å². The van der Waals surface area contributed by atoms with Gasteiger partial charge in [0.1, 0.15) is 0 Å². The van der Waals surface area contributed by atoms with Crippen LogP contribution in [0.2, 0.25) is 0 Å². The normalized spacial score (nSPS) is 11.1. The Bertz CT molecular complexity index is 1890. The monoisotopic (exact) mass is 497 g/mol. The van der Waals surface area contributed by atoms with Gasteiger partial charge in [-0.1, -0.05) is 133 Å². The van der Waals surface area contributed by atoms with Crippen molar-refractivity contribution in [1.82, 2.24) is 0 Å². The lowest BCUT2D eigenvalue weighted by atomic mass is 9.97. The third kappa shape index (κ3) is 4.35. The smallest absolute Gasteiger partial charge is 0.0540 e. The molecule has 0 amide bonds. The second-order valence-corrected chi connectivity index (χ2v) is 9.82. The van der Waals surface area contributed by atoms with Crippen LogP contribution in [0, 0.1) is 0 Å². The zero-order valence-electron chi connectivity index (χ0n) is 21.5. The van der Waals surface area contributed by atoms with Crippen molar-refractivity contribution in [2.75, 3.05) is 4.90 Å². The van der Waals surface area contributed by atoms with E-state index in [0.717, 1.165) is 17.1 Å². The molecule has 0 heterocycles. The molecule has 0 spiro atoms. The first kappa shape index (κ1) is 23.0. The fraction of sp³-hybridized carbons (Fsp3) is 0. The van der Waals surface area contributed by atoms with Crippen LogP contribution in [0.25, 0.3) is 43.8 Å². The van der Waals surface area contributed by atoms with Gasteiger partial charge in [-0.2, -0.15) is 0 Å². The molecule has 1 nitrogen and oxygen atoms in total. The Kier molecular flexibility index (Phi) is 5.88. The molecule has 0 aliphatic heterocycles. The largest absolute Gasteiger partial charge is 0.310 e. The summed E-state index contributed by atoms with van der Waals surface area (Å²) >= 11 is 0. The number of benzene rings is 7. The summed E-state index contributed by atoms with van der Waals surface area (Å²) in [5.74, 6) is 0. The van der Waals surface area contributed by atoms with Crippen LogP contribution in [-0.4, -0.2) is 0 Å². The van der Waals surface area contributed by atoms with Crippen molar-refractivity contribution in [3.8, 4) is 22.3 Å². The summed E-state index contributed by atoms with van der Waals surface area (Å²) in [5.41, 5.74) is 8.30. The van der Waals surface area contributed by atoms with Gasteiger partial charge in [-0.25, -0.2) is 0 Å². The summed E-state index contributed by atoms with van der Waals surface area (Å²) < 4.78 is 0. The van der Waals surface area contributed by atoms with Crippen molar-refractivity contribution in [2.24, 2.45) is 0 Å². The van der Waals surface area contributed by atoms with E-state index in [1.54, 1.807) is 0 Å². The van der Waals surface area contributed by atoms with E-state index in [0.29, 0.717) is 0 Å². The van der Waals surface area contributed by atoms with Gasteiger partial charge in [-0.15, -0.1) is 0 Å². The Morgan fingerprint density at radius 1 is 0.333 bits per heavy atom. The van der Waals surface area contributed by atoms with Gasteiger partial charge < -0.3 is 4.90 Å². The van der Waals surface area contributed by atoms with E-state index in [9.17, 15) is 0 Å². The first-order valence-electron chi connectivity index (χ1n) is 13.4. The number of anilines is 3. The first-order chi connectivity index (χ1) is 19.3. The quantitative estimate of drug-likeness (QED) is 0.229. The van der Waals surface area contributed by atoms with Gasteiger partial charge in [-0.3, -0.25) is 0 Å². The molecule has 0 radical (unpaired) electrons. The van der Waals surface area contributed by atoms with Crippen LogP contribution >= 0.6 is 0 Å². The SMILES string of the molecule is c1ccc(-c2ccc(N(c3cccc(-c4cccc5ccccc45)c3)c3cccc4ccccc34)cc2)cc1. The number of nitrogens with zero attached hydrogens (tertiary/aromatic N) is 1. The van der Waals surface area contributed by atoms with Gasteiger partial charge in [0.15, 0.2) is 0 Å². The van der Waals surface area contributed by atoms with E-state index in [-0.39, 0.29) is 0 Å². The molecule has 0 unspecified atom stereocenters. The summed E-state index contributed by atoms with van der Waals surface area (Å²) in [4.78, 5) is 2.38. The van der Waals surface area contributed by atoms with Crippen LogP contribution in [0.3, 0.4) is 0 Å². The van der Waals surface area contributed by atoms with Crippen LogP contribution in [0.1, 0.15) is 0 Å². The lowest BCUT2D eigenvalue weighted by Gasteiger charge is -2.27. The van der Waals surface area contributed by atoms with Crippen molar-refractivity contribution in [3.63, 3.8) is 0 Å². The maximum absolute atomic E-state index is 2.38. The molecular formula is C38H27N. The average Bonchev–Trinajstić information content (AvgIpc) is 3.02. The summed E-state index contributed by atoms with van der Waals surface area (Å²) in [6.07, 6.45) is 0. The van der Waals surface area contributed by atoms with Crippen LogP contribution < -0.4 is 4.90 Å². The van der Waals surface area contributed by atoms with Crippen LogP contribution in [0.5, 0.6) is 0 Å². The summed E-state index contributed by atoms with van der Waals surface area (Å²) in [7, 11) is 0. The highest BCUT2D eigenvalue weighted by Crippen LogP contribution is 2.41. The van der Waals surface area contributed by atoms with E-state index in [4.69, 9.17) is 0 Å². The Morgan fingerprint density at radius 3 is 1.69 bits per heavy atom. The van der Waals surface area contributed by atoms with Crippen LogP contribution in [-0.2, 0) is 0 Å². The van der Waals surface area contributed by atoms with Crippen molar-refractivity contribution < 1.29 is 0 Å². The Labute approximate surface area is 229 Å². The molecule has 0 bridgehead atoms. The predicted octanol–water partition coefficient (Wildman–Crippen LogP) is 10.8. The van der Waals surface area contributed by atoms with Gasteiger partial charge in [0.2, 0.25) is 0 Å². The minimum absolute atomic E-state index is 1.13. The highest BCUT2D eigenvalue weighted by Gasteiger charge is 2.16. The Hall–Kier alpha value is -5.14. The van der Waals surface area contributed by atoms with E-state index >= 15 is 0 Å². The minimum Gasteiger partial charge on any atom is -0.310 e. The molecule has 0 saturated carbocycles. The molecule has 7 aromatic rings. The maximum atomic E-state index is 2.38. The molecular weight excluding hydrogens is 470 g/mol. The second-order valence-electron chi connectivity index (χ2n) is 9.82. The van der Waals surface area contributed by atoms with Crippen LogP contribution in [0.4, 0.5) is 17.1 Å². The third-order valence-electron chi connectivity index (χ3n) is 7.45. The molecule has 0 aromatic heterocycles. The summed E-state index contributed by atoms with van der Waals surface area (Å²) in [6, 6.07) is 58.7. The lowest BCUT2D eigenvalue weighted by molar-refractivity contribution is 1.30. The Balaban J connectivity index is 1.41. The zero-order valence-corrected chi connectivity index (χ0v) is 21.5. The fourth-order valence-electron chi connectivity index (χ4n) is 5.55. The molecule has 184 valence electrons. The van der Waals surface area contributed by atoms with Crippen molar-refractivity contribution >= 4 is 38.6 Å². The minimum atomic E-state index is 1.13. The molecule has 0 saturated heterocycles. The van der Waals surface area contributed by atoms with Gasteiger partial charge in [0, 0.05) is 16.8 Å². The molecule has 0 fully saturated rings. The van der Waals surface area contributed by atoms with Crippen LogP contribution in [0.15, 0.2) is 164 Å². The average molecular weight is 498 g/mol. The number of hydrogen-bond donors (Lipinski definition) is 0. The fourth-order valence-corrected chi connectivity index (χ4v) is 5.55. The topological polar surface area (TPSA) is 3.24 Å². The van der Waals surface area contributed by atoms with E-state index in [2.05, 4.69) is 169 Å². The van der Waals surface area contributed by atoms with E-state index in [1.807, 2.05) is 0 Å². The number of hydrogen-bond acceptors (Lipinski definition) is 1. The number of fused-ring (bicyclic) bond motifs is 2. The van der Waals surface area contributed by atoms with E-state index in [1.165, 1.54) is 43.8 Å². The molecule has 39 heavy (non-hydrogen) atoms. The molecule has 0 N–H and O–H groups in total. The molecule has 0 atom stereocenters. The van der Waals surface area contributed by atoms with Gasteiger partial charge in [0.05, 0.1) is 5.69 Å². The van der Waals surface area contributed by atoms with Gasteiger partial charge >= 0.3 is 0 Å². The van der Waals surface area contributed by atoms with Gasteiger partial charge in [-0.05, 0) is 68.7 Å². The van der Waals surface area contributed by atoms with Crippen molar-refractivity contribution in [2.45, 2.75) is 0 Å². The molecule has 7 aromatic carbocycles. The summed E-state index contributed by atoms with van der Waals surface area (Å²) in [5, 5.41) is 4.97. The zero-order chi connectivity index (χ0) is 26.0. The first-order valence-corrected chi connectivity index (χ1v) is 13.4. The highest BCUT2D eigenvalue weighted by molar-refractivity contribution is 6.00. The molecule has 7 rings (SSSR count). The highest BCUT2D eigenvalue weighted by atomic mass is 15.1. The standard InChI is InChI=1S/C38H27N/c1-2-11-28(12-3-1)29-23-25-33(26-24-29)39(38-22-10-16-31-14-5-7-20-37(31)38)34-18-8-17-32(27-34)36-21-9-15-30-13-4-6-19-35(30)36/h1-27H. The second kappa shape index (κ2) is 9.96. The van der Waals surface area contributed by atoms with Crippen molar-refractivity contribution in [1.29, 1.82) is 0 Å². The van der Waals surface area contributed by atoms with Gasteiger partial charge in [0.25, 0.3) is 0 Å². The lowest BCUT2D eigenvalue weighted by Crippen LogP contribution is -2.10. The predicted molar refractivity (Wildman–Crippen MR) is 167 cm³/mol. The molecule has 0 aliphatic rings. The third-order valence-corrected chi connectivity index (χ3v) is 7.45.